The number of nitrogens with one attached hydrogen (secondary N) is 2. The fourth-order valence-electron chi connectivity index (χ4n) is 5.05. The highest BCUT2D eigenvalue weighted by Gasteiger charge is 2.33. The van der Waals surface area contributed by atoms with Crippen LogP contribution < -0.4 is 21.1 Å². The first-order valence-electron chi connectivity index (χ1n) is 15.5. The number of benzene rings is 3. The number of amides is 4. The lowest BCUT2D eigenvalue weighted by Gasteiger charge is -2.32. The predicted octanol–water partition coefficient (Wildman–Crippen LogP) is 5.36. The largest absolute Gasteiger partial charge is 0.444 e. The van der Waals surface area contributed by atoms with Gasteiger partial charge in [-0.3, -0.25) is 9.59 Å². The third kappa shape index (κ3) is 11.3. The highest BCUT2D eigenvalue weighted by Crippen LogP contribution is 2.24. The number of rotatable bonds is 13. The van der Waals surface area contributed by atoms with Crippen molar-refractivity contribution in [1.82, 2.24) is 15.5 Å². The molecule has 0 unspecified atom stereocenters. The van der Waals surface area contributed by atoms with Crippen LogP contribution >= 0.6 is 0 Å². The molecular weight excluding hydrogens is 584 g/mol. The molecule has 246 valence electrons. The minimum Gasteiger partial charge on any atom is -0.444 e. The Labute approximate surface area is 271 Å². The first-order chi connectivity index (χ1) is 21.7. The summed E-state index contributed by atoms with van der Waals surface area (Å²) in [6.07, 6.45) is 0.0347. The molecule has 0 fully saturated rings. The third-order valence-electron chi connectivity index (χ3n) is 7.43. The van der Waals surface area contributed by atoms with Crippen molar-refractivity contribution in [2.45, 2.75) is 85.0 Å². The second kappa shape index (κ2) is 16.5. The highest BCUT2D eigenvalue weighted by molar-refractivity contribution is 5.91. The lowest BCUT2D eigenvalue weighted by molar-refractivity contribution is -0.140. The second-order valence-electron chi connectivity index (χ2n) is 12.4. The van der Waals surface area contributed by atoms with Crippen LogP contribution in [0.15, 0.2) is 72.8 Å². The summed E-state index contributed by atoms with van der Waals surface area (Å²) in [6.45, 7) is 11.0. The van der Waals surface area contributed by atoms with Gasteiger partial charge < -0.3 is 30.7 Å². The summed E-state index contributed by atoms with van der Waals surface area (Å²) < 4.78 is 11.0. The van der Waals surface area contributed by atoms with Crippen molar-refractivity contribution in [3.63, 3.8) is 0 Å². The Bertz CT molecular complexity index is 1460. The van der Waals surface area contributed by atoms with E-state index in [-0.39, 0.29) is 13.0 Å². The number of nitrogens with two attached hydrogens (primary N) is 1. The first kappa shape index (κ1) is 35.6. The summed E-state index contributed by atoms with van der Waals surface area (Å²) in [5, 5.41) is 5.47. The Balaban J connectivity index is 1.82. The van der Waals surface area contributed by atoms with Crippen molar-refractivity contribution in [3.05, 3.63) is 101 Å². The lowest BCUT2D eigenvalue weighted by atomic mass is 9.95. The molecule has 0 bridgehead atoms. The van der Waals surface area contributed by atoms with Gasteiger partial charge in [-0.15, -0.1) is 0 Å². The highest BCUT2D eigenvalue weighted by atomic mass is 16.6. The molecule has 46 heavy (non-hydrogen) atoms. The van der Waals surface area contributed by atoms with E-state index in [1.165, 1.54) is 4.90 Å². The zero-order chi connectivity index (χ0) is 33.9. The summed E-state index contributed by atoms with van der Waals surface area (Å²) >= 11 is 0. The van der Waals surface area contributed by atoms with Gasteiger partial charge in [-0.05, 0) is 94.3 Å². The van der Waals surface area contributed by atoms with Crippen LogP contribution in [0.4, 0.5) is 9.59 Å². The van der Waals surface area contributed by atoms with Gasteiger partial charge in [0.1, 0.15) is 23.4 Å². The summed E-state index contributed by atoms with van der Waals surface area (Å²) in [4.78, 5) is 53.3. The zero-order valence-electron chi connectivity index (χ0n) is 27.6. The molecule has 3 aromatic rings. The maximum Gasteiger partial charge on any atom is 0.412 e. The molecule has 2 atom stereocenters. The molecule has 0 aliphatic heterocycles. The molecule has 3 aromatic carbocycles. The SMILES string of the molecule is Cc1cc(OC(=O)NCc2ccccc2)cc(C)c1C[C@@H](NC(=O)OC(C)(C)C)C(=O)N(CCCc1ccccc1)[C@H](C)C(N)=O. The molecule has 10 nitrogen and oxygen atoms in total. The van der Waals surface area contributed by atoms with Gasteiger partial charge in [-0.2, -0.15) is 0 Å². The van der Waals surface area contributed by atoms with E-state index in [2.05, 4.69) is 10.6 Å². The van der Waals surface area contributed by atoms with E-state index in [0.717, 1.165) is 27.8 Å². The van der Waals surface area contributed by atoms with Gasteiger partial charge in [0, 0.05) is 19.5 Å². The Hall–Kier alpha value is -4.86. The molecule has 0 saturated heterocycles. The minimum atomic E-state index is -1.06. The molecule has 0 heterocycles. The number of hydrogen-bond donors (Lipinski definition) is 3. The average Bonchev–Trinajstić information content (AvgIpc) is 2.99. The van der Waals surface area contributed by atoms with Crippen molar-refractivity contribution < 1.29 is 28.7 Å². The zero-order valence-corrected chi connectivity index (χ0v) is 27.6. The average molecular weight is 631 g/mol. The standard InChI is InChI=1S/C36H46N4O6/c1-24-20-29(45-34(43)38-23-28-16-11-8-12-17-28)21-25(2)30(24)22-31(39-35(44)46-36(4,5)6)33(42)40(26(3)32(37)41)19-13-18-27-14-9-7-10-15-27/h7-12,14-17,20-21,26,31H,13,18-19,22-23H2,1-6H3,(H2,37,41)(H,38,43)(H,39,44)/t26-,31-/m1/s1. The number of carbonyl (C=O) groups excluding carboxylic acids is 4. The maximum absolute atomic E-state index is 14.1. The van der Waals surface area contributed by atoms with Crippen LogP contribution in [0.25, 0.3) is 0 Å². The van der Waals surface area contributed by atoms with E-state index in [4.69, 9.17) is 15.2 Å². The van der Waals surface area contributed by atoms with E-state index >= 15 is 0 Å². The van der Waals surface area contributed by atoms with Crippen molar-refractivity contribution in [2.24, 2.45) is 5.73 Å². The van der Waals surface area contributed by atoms with Crippen LogP contribution in [-0.2, 0) is 33.7 Å². The molecule has 10 heteroatoms. The van der Waals surface area contributed by atoms with Gasteiger partial charge in [-0.25, -0.2) is 9.59 Å². The molecule has 0 radical (unpaired) electrons. The number of aryl methyl sites for hydroxylation is 3. The van der Waals surface area contributed by atoms with E-state index in [9.17, 15) is 19.2 Å². The van der Waals surface area contributed by atoms with E-state index in [1.807, 2.05) is 74.5 Å². The lowest BCUT2D eigenvalue weighted by Crippen LogP contribution is -2.55. The molecule has 0 saturated carbocycles. The fraction of sp³-hybridized carbons (Fsp3) is 0.389. The van der Waals surface area contributed by atoms with Crippen molar-refractivity contribution in [3.8, 4) is 5.75 Å². The van der Waals surface area contributed by atoms with Gasteiger partial charge in [0.2, 0.25) is 11.8 Å². The van der Waals surface area contributed by atoms with Crippen molar-refractivity contribution in [1.29, 1.82) is 0 Å². The van der Waals surface area contributed by atoms with E-state index in [0.29, 0.717) is 25.1 Å². The number of nitrogens with zero attached hydrogens (tertiary/aromatic N) is 1. The molecule has 0 spiro atoms. The van der Waals surface area contributed by atoms with Crippen LogP contribution in [0.2, 0.25) is 0 Å². The molecule has 0 aliphatic rings. The summed E-state index contributed by atoms with van der Waals surface area (Å²) in [5.74, 6) is -0.759. The van der Waals surface area contributed by atoms with Crippen molar-refractivity contribution in [2.75, 3.05) is 6.54 Å². The topological polar surface area (TPSA) is 140 Å². The smallest absolute Gasteiger partial charge is 0.412 e. The number of hydrogen-bond acceptors (Lipinski definition) is 6. The van der Waals surface area contributed by atoms with Gasteiger partial charge in [0.05, 0.1) is 0 Å². The van der Waals surface area contributed by atoms with Gasteiger partial charge >= 0.3 is 12.2 Å². The van der Waals surface area contributed by atoms with Crippen LogP contribution in [-0.4, -0.2) is 53.1 Å². The van der Waals surface area contributed by atoms with Crippen LogP contribution in [0.3, 0.4) is 0 Å². The molecule has 4 amide bonds. The molecule has 3 rings (SSSR count). The summed E-state index contributed by atoms with van der Waals surface area (Å²) in [5.41, 5.74) is 9.21. The maximum atomic E-state index is 14.1. The van der Waals surface area contributed by atoms with Crippen LogP contribution in [0.5, 0.6) is 5.75 Å². The molecule has 0 aliphatic carbocycles. The molecular formula is C36H46N4O6. The quantitative estimate of drug-likeness (QED) is 0.232. The van der Waals surface area contributed by atoms with Crippen molar-refractivity contribution >= 4 is 24.0 Å². The van der Waals surface area contributed by atoms with Gasteiger partial charge in [-0.1, -0.05) is 60.7 Å². The molecule has 0 aromatic heterocycles. The minimum absolute atomic E-state index is 0.108. The normalized spacial score (nSPS) is 12.4. The molecule has 4 N–H and O–H groups in total. The second-order valence-corrected chi connectivity index (χ2v) is 12.4. The van der Waals surface area contributed by atoms with E-state index in [1.54, 1.807) is 39.8 Å². The predicted molar refractivity (Wildman–Crippen MR) is 177 cm³/mol. The number of primary amides is 1. The Morgan fingerprint density at radius 3 is 1.98 bits per heavy atom. The van der Waals surface area contributed by atoms with Crippen LogP contribution in [0.1, 0.15) is 61.9 Å². The van der Waals surface area contributed by atoms with Gasteiger partial charge in [0.25, 0.3) is 0 Å². The monoisotopic (exact) mass is 630 g/mol. The number of carbonyl (C=O) groups is 4. The fourth-order valence-corrected chi connectivity index (χ4v) is 5.05. The third-order valence-corrected chi connectivity index (χ3v) is 7.43. The van der Waals surface area contributed by atoms with Gasteiger partial charge in [0.15, 0.2) is 0 Å². The number of alkyl carbamates (subject to hydrolysis) is 1. The summed E-state index contributed by atoms with van der Waals surface area (Å²) in [7, 11) is 0. The number of ether oxygens (including phenoxy) is 2. The Morgan fingerprint density at radius 2 is 1.43 bits per heavy atom. The summed E-state index contributed by atoms with van der Waals surface area (Å²) in [6, 6.07) is 20.8. The van der Waals surface area contributed by atoms with E-state index < -0.39 is 41.7 Å². The Kier molecular flexibility index (Phi) is 12.7. The first-order valence-corrected chi connectivity index (χ1v) is 15.5. The Morgan fingerprint density at radius 1 is 0.870 bits per heavy atom. The van der Waals surface area contributed by atoms with Crippen LogP contribution in [0, 0.1) is 13.8 Å².